The maximum atomic E-state index is 11.5. The second kappa shape index (κ2) is 6.61. The van der Waals surface area contributed by atoms with Crippen molar-refractivity contribution in [3.8, 4) is 5.75 Å². The van der Waals surface area contributed by atoms with Crippen molar-refractivity contribution in [2.75, 3.05) is 6.61 Å². The molecule has 18 heavy (non-hydrogen) atoms. The van der Waals surface area contributed by atoms with Gasteiger partial charge in [0.05, 0.1) is 6.10 Å². The third-order valence-electron chi connectivity index (χ3n) is 2.23. The SMILES string of the molecule is CC(C)NC(=O)COc1ccc(Cl)cc1[C@@H](C)O. The van der Waals surface area contributed by atoms with Gasteiger partial charge in [-0.2, -0.15) is 0 Å². The average molecular weight is 272 g/mol. The Morgan fingerprint density at radius 2 is 2.11 bits per heavy atom. The van der Waals surface area contributed by atoms with E-state index in [1.807, 2.05) is 13.8 Å². The van der Waals surface area contributed by atoms with Crippen LogP contribution in [0.2, 0.25) is 5.02 Å². The Morgan fingerprint density at radius 3 is 2.67 bits per heavy atom. The van der Waals surface area contributed by atoms with E-state index in [0.717, 1.165) is 0 Å². The largest absolute Gasteiger partial charge is 0.483 e. The Morgan fingerprint density at radius 1 is 1.44 bits per heavy atom. The molecule has 0 radical (unpaired) electrons. The Balaban J connectivity index is 2.70. The van der Waals surface area contributed by atoms with E-state index in [9.17, 15) is 9.90 Å². The number of hydrogen-bond acceptors (Lipinski definition) is 3. The molecule has 0 aliphatic heterocycles. The summed E-state index contributed by atoms with van der Waals surface area (Å²) in [6, 6.07) is 5.00. The predicted molar refractivity (Wildman–Crippen MR) is 70.9 cm³/mol. The molecule has 5 heteroatoms. The number of aliphatic hydroxyl groups excluding tert-OH is 1. The summed E-state index contributed by atoms with van der Waals surface area (Å²) in [5.74, 6) is 0.268. The van der Waals surface area contributed by atoms with Crippen LogP contribution in [-0.2, 0) is 4.79 Å². The summed E-state index contributed by atoms with van der Waals surface area (Å²) in [5.41, 5.74) is 0.569. The predicted octanol–water partition coefficient (Wildman–Crippen LogP) is 2.30. The molecule has 1 rings (SSSR count). The zero-order chi connectivity index (χ0) is 13.7. The Kier molecular flexibility index (Phi) is 5.44. The highest BCUT2D eigenvalue weighted by Gasteiger charge is 2.12. The van der Waals surface area contributed by atoms with Crippen molar-refractivity contribution >= 4 is 17.5 Å². The third kappa shape index (κ3) is 4.55. The minimum Gasteiger partial charge on any atom is -0.483 e. The highest BCUT2D eigenvalue weighted by molar-refractivity contribution is 6.30. The molecule has 0 aromatic heterocycles. The van der Waals surface area contributed by atoms with Crippen LogP contribution in [0.4, 0.5) is 0 Å². The number of carbonyl (C=O) groups excluding carboxylic acids is 1. The quantitative estimate of drug-likeness (QED) is 0.864. The van der Waals surface area contributed by atoms with E-state index in [2.05, 4.69) is 5.32 Å². The van der Waals surface area contributed by atoms with Crippen LogP contribution in [-0.4, -0.2) is 23.7 Å². The fourth-order valence-electron chi connectivity index (χ4n) is 1.48. The van der Waals surface area contributed by atoms with Gasteiger partial charge in [-0.3, -0.25) is 4.79 Å². The Labute approximate surface area is 112 Å². The van der Waals surface area contributed by atoms with E-state index in [1.54, 1.807) is 25.1 Å². The summed E-state index contributed by atoms with van der Waals surface area (Å²) in [6.07, 6.45) is -0.702. The van der Waals surface area contributed by atoms with E-state index in [0.29, 0.717) is 16.3 Å². The van der Waals surface area contributed by atoms with Gasteiger partial charge >= 0.3 is 0 Å². The van der Waals surface area contributed by atoms with Gasteiger partial charge < -0.3 is 15.2 Å². The van der Waals surface area contributed by atoms with Gasteiger partial charge in [-0.25, -0.2) is 0 Å². The Hall–Kier alpha value is -1.26. The minimum absolute atomic E-state index is 0.0718. The monoisotopic (exact) mass is 271 g/mol. The second-order valence-corrected chi connectivity index (χ2v) is 4.81. The molecular formula is C13H18ClNO3. The van der Waals surface area contributed by atoms with Gasteiger partial charge in [0.15, 0.2) is 6.61 Å². The molecule has 1 amide bonds. The fourth-order valence-corrected chi connectivity index (χ4v) is 1.66. The van der Waals surface area contributed by atoms with E-state index in [4.69, 9.17) is 16.3 Å². The fraction of sp³-hybridized carbons (Fsp3) is 0.462. The van der Waals surface area contributed by atoms with Crippen LogP contribution in [0.15, 0.2) is 18.2 Å². The van der Waals surface area contributed by atoms with E-state index >= 15 is 0 Å². The first-order chi connectivity index (χ1) is 8.40. The number of halogens is 1. The van der Waals surface area contributed by atoms with Gasteiger partial charge in [0.1, 0.15) is 5.75 Å². The molecule has 0 unspecified atom stereocenters. The molecule has 0 heterocycles. The van der Waals surface area contributed by atoms with Gasteiger partial charge in [-0.1, -0.05) is 11.6 Å². The van der Waals surface area contributed by atoms with Crippen LogP contribution in [0.3, 0.4) is 0 Å². The summed E-state index contributed by atoms with van der Waals surface area (Å²) in [6.45, 7) is 5.29. The lowest BCUT2D eigenvalue weighted by Crippen LogP contribution is -2.34. The molecule has 2 N–H and O–H groups in total. The maximum Gasteiger partial charge on any atom is 0.258 e. The van der Waals surface area contributed by atoms with Gasteiger partial charge in [-0.05, 0) is 39.0 Å². The number of ether oxygens (including phenoxy) is 1. The second-order valence-electron chi connectivity index (χ2n) is 4.37. The molecular weight excluding hydrogens is 254 g/mol. The molecule has 0 fully saturated rings. The van der Waals surface area contributed by atoms with Crippen LogP contribution in [0.1, 0.15) is 32.4 Å². The number of aliphatic hydroxyl groups is 1. The smallest absolute Gasteiger partial charge is 0.258 e. The first-order valence-electron chi connectivity index (χ1n) is 5.80. The molecule has 100 valence electrons. The zero-order valence-corrected chi connectivity index (χ0v) is 11.5. The molecule has 0 aliphatic rings. The van der Waals surface area contributed by atoms with Gasteiger partial charge in [-0.15, -0.1) is 0 Å². The molecule has 0 saturated carbocycles. The zero-order valence-electron chi connectivity index (χ0n) is 10.7. The van der Waals surface area contributed by atoms with Gasteiger partial charge in [0.25, 0.3) is 5.91 Å². The summed E-state index contributed by atoms with van der Waals surface area (Å²) in [5, 5.41) is 12.8. The van der Waals surface area contributed by atoms with E-state index < -0.39 is 6.10 Å². The van der Waals surface area contributed by atoms with Crippen molar-refractivity contribution in [1.29, 1.82) is 0 Å². The van der Waals surface area contributed by atoms with Crippen molar-refractivity contribution in [1.82, 2.24) is 5.32 Å². The first kappa shape index (κ1) is 14.8. The van der Waals surface area contributed by atoms with Crippen LogP contribution in [0, 0.1) is 0 Å². The number of amides is 1. The molecule has 0 saturated heterocycles. The van der Waals surface area contributed by atoms with Crippen molar-refractivity contribution in [3.05, 3.63) is 28.8 Å². The molecule has 0 aliphatic carbocycles. The Bertz CT molecular complexity index is 419. The van der Waals surface area contributed by atoms with Crippen LogP contribution >= 0.6 is 11.6 Å². The lowest BCUT2D eigenvalue weighted by molar-refractivity contribution is -0.123. The summed E-state index contributed by atoms with van der Waals surface area (Å²) >= 11 is 5.85. The molecule has 0 bridgehead atoms. The first-order valence-corrected chi connectivity index (χ1v) is 6.17. The van der Waals surface area contributed by atoms with Crippen LogP contribution in [0.25, 0.3) is 0 Å². The number of carbonyl (C=O) groups is 1. The van der Waals surface area contributed by atoms with Gasteiger partial charge in [0, 0.05) is 16.6 Å². The maximum absolute atomic E-state index is 11.5. The average Bonchev–Trinajstić information content (AvgIpc) is 2.26. The molecule has 1 atom stereocenters. The number of hydrogen-bond donors (Lipinski definition) is 2. The van der Waals surface area contributed by atoms with Crippen LogP contribution in [0.5, 0.6) is 5.75 Å². The topological polar surface area (TPSA) is 58.6 Å². The molecule has 1 aromatic carbocycles. The molecule has 4 nitrogen and oxygen atoms in total. The highest BCUT2D eigenvalue weighted by Crippen LogP contribution is 2.28. The lowest BCUT2D eigenvalue weighted by Gasteiger charge is -2.14. The number of benzene rings is 1. The number of nitrogens with one attached hydrogen (secondary N) is 1. The minimum atomic E-state index is -0.702. The summed E-state index contributed by atoms with van der Waals surface area (Å²) in [4.78, 5) is 11.5. The van der Waals surface area contributed by atoms with Crippen molar-refractivity contribution in [3.63, 3.8) is 0 Å². The summed E-state index contributed by atoms with van der Waals surface area (Å²) in [7, 11) is 0. The van der Waals surface area contributed by atoms with E-state index in [-0.39, 0.29) is 18.6 Å². The normalized spacial score (nSPS) is 12.3. The molecule has 0 spiro atoms. The van der Waals surface area contributed by atoms with Crippen molar-refractivity contribution in [2.24, 2.45) is 0 Å². The van der Waals surface area contributed by atoms with Crippen molar-refractivity contribution in [2.45, 2.75) is 32.9 Å². The highest BCUT2D eigenvalue weighted by atomic mass is 35.5. The molecule has 1 aromatic rings. The standard InChI is InChI=1S/C13H18ClNO3/c1-8(2)15-13(17)7-18-12-5-4-10(14)6-11(12)9(3)16/h4-6,8-9,16H,7H2,1-3H3,(H,15,17)/t9-/m1/s1. The number of rotatable bonds is 5. The lowest BCUT2D eigenvalue weighted by atomic mass is 10.1. The van der Waals surface area contributed by atoms with E-state index in [1.165, 1.54) is 0 Å². The summed E-state index contributed by atoms with van der Waals surface area (Å²) < 4.78 is 5.39. The third-order valence-corrected chi connectivity index (χ3v) is 2.47. The van der Waals surface area contributed by atoms with Gasteiger partial charge in [0.2, 0.25) is 0 Å². The van der Waals surface area contributed by atoms with Crippen LogP contribution < -0.4 is 10.1 Å². The van der Waals surface area contributed by atoms with Crippen molar-refractivity contribution < 1.29 is 14.6 Å².